The van der Waals surface area contributed by atoms with E-state index in [0.717, 1.165) is 19.4 Å². The molecule has 2 atom stereocenters. The molecular formula is C11H21N3. The lowest BCUT2D eigenvalue weighted by atomic mass is 9.93. The fourth-order valence-corrected chi connectivity index (χ4v) is 1.69. The van der Waals surface area contributed by atoms with Gasteiger partial charge in [0.2, 0.25) is 0 Å². The molecule has 0 bridgehead atoms. The van der Waals surface area contributed by atoms with Crippen LogP contribution in [0.4, 0.5) is 0 Å². The molecule has 0 saturated heterocycles. The standard InChI is InChI=1S/C11H21N3/c1-4-11(9(3)12)6-10-7-13-14(5-2)8-10/h7-9,11H,4-6,12H2,1-3H3. The topological polar surface area (TPSA) is 43.8 Å². The lowest BCUT2D eigenvalue weighted by Crippen LogP contribution is -2.27. The molecule has 0 amide bonds. The molecule has 1 heterocycles. The van der Waals surface area contributed by atoms with E-state index < -0.39 is 0 Å². The van der Waals surface area contributed by atoms with Crippen molar-refractivity contribution in [2.45, 2.75) is 46.2 Å². The molecule has 0 aliphatic heterocycles. The van der Waals surface area contributed by atoms with Crippen LogP contribution in [0.15, 0.2) is 12.4 Å². The van der Waals surface area contributed by atoms with E-state index in [1.165, 1.54) is 5.56 Å². The number of hydrogen-bond donors (Lipinski definition) is 1. The summed E-state index contributed by atoms with van der Waals surface area (Å²) in [4.78, 5) is 0. The average molecular weight is 195 g/mol. The van der Waals surface area contributed by atoms with Crippen LogP contribution in [0.2, 0.25) is 0 Å². The lowest BCUT2D eigenvalue weighted by Gasteiger charge is -2.17. The Labute approximate surface area is 86.3 Å². The van der Waals surface area contributed by atoms with E-state index in [0.29, 0.717) is 5.92 Å². The quantitative estimate of drug-likeness (QED) is 0.779. The highest BCUT2D eigenvalue weighted by molar-refractivity contribution is 5.05. The molecule has 14 heavy (non-hydrogen) atoms. The monoisotopic (exact) mass is 195 g/mol. The van der Waals surface area contributed by atoms with Crippen LogP contribution < -0.4 is 5.73 Å². The van der Waals surface area contributed by atoms with Crippen molar-refractivity contribution in [1.29, 1.82) is 0 Å². The van der Waals surface area contributed by atoms with Crippen molar-refractivity contribution in [3.63, 3.8) is 0 Å². The Hall–Kier alpha value is -0.830. The van der Waals surface area contributed by atoms with Crippen LogP contribution in [0.1, 0.15) is 32.8 Å². The summed E-state index contributed by atoms with van der Waals surface area (Å²) in [5.41, 5.74) is 7.21. The molecule has 1 rings (SSSR count). The molecule has 0 spiro atoms. The Morgan fingerprint density at radius 2 is 2.21 bits per heavy atom. The minimum Gasteiger partial charge on any atom is -0.328 e. The zero-order chi connectivity index (χ0) is 10.6. The van der Waals surface area contributed by atoms with E-state index in [1.54, 1.807) is 0 Å². The number of nitrogens with zero attached hydrogens (tertiary/aromatic N) is 2. The van der Waals surface area contributed by atoms with Crippen molar-refractivity contribution in [3.05, 3.63) is 18.0 Å². The van der Waals surface area contributed by atoms with Crippen LogP contribution in [0, 0.1) is 5.92 Å². The summed E-state index contributed by atoms with van der Waals surface area (Å²) >= 11 is 0. The van der Waals surface area contributed by atoms with Gasteiger partial charge in [0.05, 0.1) is 6.20 Å². The normalized spacial score (nSPS) is 15.4. The predicted molar refractivity (Wildman–Crippen MR) is 59.0 cm³/mol. The van der Waals surface area contributed by atoms with E-state index in [-0.39, 0.29) is 6.04 Å². The molecule has 0 aliphatic rings. The van der Waals surface area contributed by atoms with Crippen LogP contribution in [-0.4, -0.2) is 15.8 Å². The highest BCUT2D eigenvalue weighted by Gasteiger charge is 2.12. The Kier molecular flexibility index (Phi) is 4.14. The number of hydrogen-bond acceptors (Lipinski definition) is 2. The Balaban J connectivity index is 2.57. The summed E-state index contributed by atoms with van der Waals surface area (Å²) in [6, 6.07) is 0.268. The molecule has 3 heteroatoms. The maximum Gasteiger partial charge on any atom is 0.0521 e. The second kappa shape index (κ2) is 5.15. The van der Waals surface area contributed by atoms with Crippen LogP contribution in [0.5, 0.6) is 0 Å². The van der Waals surface area contributed by atoms with Crippen molar-refractivity contribution in [1.82, 2.24) is 9.78 Å². The Morgan fingerprint density at radius 3 is 2.64 bits per heavy atom. The Morgan fingerprint density at radius 1 is 1.50 bits per heavy atom. The number of rotatable bonds is 5. The van der Waals surface area contributed by atoms with E-state index in [2.05, 4.69) is 32.1 Å². The van der Waals surface area contributed by atoms with Gasteiger partial charge < -0.3 is 5.73 Å². The minimum atomic E-state index is 0.268. The van der Waals surface area contributed by atoms with Gasteiger partial charge in [-0.2, -0.15) is 5.10 Å². The molecule has 0 saturated carbocycles. The summed E-state index contributed by atoms with van der Waals surface area (Å²) < 4.78 is 1.96. The fraction of sp³-hybridized carbons (Fsp3) is 0.727. The predicted octanol–water partition coefficient (Wildman–Crippen LogP) is 1.82. The molecule has 80 valence electrons. The molecule has 1 aromatic rings. The molecule has 0 fully saturated rings. The first-order valence-electron chi connectivity index (χ1n) is 5.44. The highest BCUT2D eigenvalue weighted by Crippen LogP contribution is 2.14. The fourth-order valence-electron chi connectivity index (χ4n) is 1.69. The van der Waals surface area contributed by atoms with Crippen molar-refractivity contribution >= 4 is 0 Å². The van der Waals surface area contributed by atoms with E-state index in [4.69, 9.17) is 5.73 Å². The molecule has 0 aliphatic carbocycles. The van der Waals surface area contributed by atoms with Gasteiger partial charge >= 0.3 is 0 Å². The molecule has 2 N–H and O–H groups in total. The van der Waals surface area contributed by atoms with E-state index >= 15 is 0 Å². The highest BCUT2D eigenvalue weighted by atomic mass is 15.3. The SMILES string of the molecule is CCC(Cc1cnn(CC)c1)C(C)N. The van der Waals surface area contributed by atoms with Crippen LogP contribution >= 0.6 is 0 Å². The molecular weight excluding hydrogens is 174 g/mol. The van der Waals surface area contributed by atoms with Crippen molar-refractivity contribution < 1.29 is 0 Å². The summed E-state index contributed by atoms with van der Waals surface area (Å²) in [6.45, 7) is 7.31. The molecule has 2 unspecified atom stereocenters. The third-order valence-corrected chi connectivity index (χ3v) is 2.78. The van der Waals surface area contributed by atoms with Crippen molar-refractivity contribution in [2.24, 2.45) is 11.7 Å². The summed E-state index contributed by atoms with van der Waals surface area (Å²) in [7, 11) is 0. The largest absolute Gasteiger partial charge is 0.328 e. The summed E-state index contributed by atoms with van der Waals surface area (Å²) in [6.07, 6.45) is 6.25. The Bertz CT molecular complexity index is 265. The van der Waals surface area contributed by atoms with Gasteiger partial charge in [-0.25, -0.2) is 0 Å². The third-order valence-electron chi connectivity index (χ3n) is 2.78. The zero-order valence-electron chi connectivity index (χ0n) is 9.40. The molecule has 0 radical (unpaired) electrons. The van der Waals surface area contributed by atoms with E-state index in [9.17, 15) is 0 Å². The summed E-state index contributed by atoms with van der Waals surface area (Å²) in [5, 5.41) is 4.26. The smallest absolute Gasteiger partial charge is 0.0521 e. The molecule has 3 nitrogen and oxygen atoms in total. The first-order valence-corrected chi connectivity index (χ1v) is 5.44. The van der Waals surface area contributed by atoms with Gasteiger partial charge in [-0.1, -0.05) is 13.3 Å². The number of aryl methyl sites for hydroxylation is 1. The van der Waals surface area contributed by atoms with Gasteiger partial charge in [0.25, 0.3) is 0 Å². The van der Waals surface area contributed by atoms with E-state index in [1.807, 2.05) is 10.9 Å². The zero-order valence-corrected chi connectivity index (χ0v) is 9.40. The van der Waals surface area contributed by atoms with Crippen LogP contribution in [-0.2, 0) is 13.0 Å². The van der Waals surface area contributed by atoms with Crippen LogP contribution in [0.3, 0.4) is 0 Å². The van der Waals surface area contributed by atoms with Gasteiger partial charge in [0, 0.05) is 18.8 Å². The van der Waals surface area contributed by atoms with Gasteiger partial charge in [-0.05, 0) is 31.7 Å². The van der Waals surface area contributed by atoms with Gasteiger partial charge in [-0.15, -0.1) is 0 Å². The van der Waals surface area contributed by atoms with Crippen LogP contribution in [0.25, 0.3) is 0 Å². The van der Waals surface area contributed by atoms with Crippen molar-refractivity contribution in [3.8, 4) is 0 Å². The lowest BCUT2D eigenvalue weighted by molar-refractivity contribution is 0.427. The minimum absolute atomic E-state index is 0.268. The van der Waals surface area contributed by atoms with Crippen molar-refractivity contribution in [2.75, 3.05) is 0 Å². The molecule has 0 aromatic carbocycles. The van der Waals surface area contributed by atoms with Gasteiger partial charge in [-0.3, -0.25) is 4.68 Å². The average Bonchev–Trinajstić information content (AvgIpc) is 2.61. The third kappa shape index (κ3) is 2.84. The second-order valence-electron chi connectivity index (χ2n) is 3.94. The first kappa shape index (κ1) is 11.2. The van der Waals surface area contributed by atoms with Gasteiger partial charge in [0.15, 0.2) is 0 Å². The van der Waals surface area contributed by atoms with Gasteiger partial charge in [0.1, 0.15) is 0 Å². The number of aromatic nitrogens is 2. The maximum atomic E-state index is 5.91. The second-order valence-corrected chi connectivity index (χ2v) is 3.94. The number of nitrogens with two attached hydrogens (primary N) is 1. The summed E-state index contributed by atoms with van der Waals surface area (Å²) in [5.74, 6) is 0.574. The maximum absolute atomic E-state index is 5.91. The first-order chi connectivity index (χ1) is 6.67. The molecule has 1 aromatic heterocycles.